The normalized spacial score (nSPS) is 12.1. The molecule has 2 aromatic rings. The van der Waals surface area contributed by atoms with Gasteiger partial charge in [0.1, 0.15) is 5.82 Å². The third kappa shape index (κ3) is 8.09. The molecule has 0 aliphatic rings. The first-order chi connectivity index (χ1) is 15.5. The zero-order chi connectivity index (χ0) is 23.3. The molecule has 0 bridgehead atoms. The van der Waals surface area contributed by atoms with Crippen LogP contribution in [-0.4, -0.2) is 45.2 Å². The highest BCUT2D eigenvalue weighted by Gasteiger charge is 2.12. The van der Waals surface area contributed by atoms with Gasteiger partial charge in [0.05, 0.1) is 25.7 Å². The van der Waals surface area contributed by atoms with Gasteiger partial charge in [-0.3, -0.25) is 9.79 Å². The summed E-state index contributed by atoms with van der Waals surface area (Å²) in [6.45, 7) is 7.99. The number of amides is 1. The molecular weight excluding hydrogens is 411 g/mol. The van der Waals surface area contributed by atoms with Gasteiger partial charge in [-0.1, -0.05) is 18.2 Å². The smallest absolute Gasteiger partial charge is 0.224 e. The highest BCUT2D eigenvalue weighted by atomic mass is 19.1. The zero-order valence-electron chi connectivity index (χ0n) is 19.2. The number of ether oxygens (including phenoxy) is 2. The van der Waals surface area contributed by atoms with E-state index < -0.39 is 0 Å². The standard InChI is InChI=1S/C24H33FN4O3/c1-5-31-21-12-9-19(16-22(21)32-6-2)17(3)29-24(26-4)28-14-13-27-23(30)15-18-7-10-20(25)11-8-18/h7-12,16-17H,5-6,13-15H2,1-4H3,(H,27,30)(H2,26,28,29). The van der Waals surface area contributed by atoms with Crippen molar-refractivity contribution in [3.8, 4) is 11.5 Å². The Balaban J connectivity index is 1.81. The average Bonchev–Trinajstić information content (AvgIpc) is 2.78. The van der Waals surface area contributed by atoms with E-state index in [4.69, 9.17) is 9.47 Å². The van der Waals surface area contributed by atoms with Crippen LogP contribution in [0.5, 0.6) is 11.5 Å². The number of hydrogen-bond donors (Lipinski definition) is 3. The minimum Gasteiger partial charge on any atom is -0.490 e. The Bertz CT molecular complexity index is 887. The van der Waals surface area contributed by atoms with Crippen LogP contribution in [0, 0.1) is 5.82 Å². The topological polar surface area (TPSA) is 84.0 Å². The van der Waals surface area contributed by atoms with Crippen molar-refractivity contribution in [1.29, 1.82) is 0 Å². The Morgan fingerprint density at radius 2 is 1.66 bits per heavy atom. The van der Waals surface area contributed by atoms with Gasteiger partial charge < -0.3 is 25.4 Å². The molecule has 7 nitrogen and oxygen atoms in total. The molecule has 0 fully saturated rings. The fraction of sp³-hybridized carbons (Fsp3) is 0.417. The van der Waals surface area contributed by atoms with Gasteiger partial charge in [-0.25, -0.2) is 4.39 Å². The Morgan fingerprint density at radius 1 is 1.00 bits per heavy atom. The lowest BCUT2D eigenvalue weighted by molar-refractivity contribution is -0.120. The molecule has 32 heavy (non-hydrogen) atoms. The third-order valence-electron chi connectivity index (χ3n) is 4.66. The van der Waals surface area contributed by atoms with Gasteiger partial charge in [-0.15, -0.1) is 0 Å². The van der Waals surface area contributed by atoms with Gasteiger partial charge in [0.2, 0.25) is 5.91 Å². The minimum absolute atomic E-state index is 0.0239. The number of guanidine groups is 1. The van der Waals surface area contributed by atoms with Crippen molar-refractivity contribution >= 4 is 11.9 Å². The summed E-state index contributed by atoms with van der Waals surface area (Å²) in [6, 6.07) is 11.8. The van der Waals surface area contributed by atoms with Crippen LogP contribution in [0.1, 0.15) is 37.9 Å². The van der Waals surface area contributed by atoms with E-state index in [9.17, 15) is 9.18 Å². The van der Waals surface area contributed by atoms with Gasteiger partial charge in [-0.2, -0.15) is 0 Å². The number of hydrogen-bond acceptors (Lipinski definition) is 4. The molecule has 0 heterocycles. The molecule has 0 aliphatic carbocycles. The van der Waals surface area contributed by atoms with Crippen molar-refractivity contribution < 1.29 is 18.7 Å². The molecule has 1 atom stereocenters. The van der Waals surface area contributed by atoms with Crippen LogP contribution in [0.4, 0.5) is 4.39 Å². The summed E-state index contributed by atoms with van der Waals surface area (Å²) in [5.41, 5.74) is 1.80. The van der Waals surface area contributed by atoms with E-state index in [1.807, 2.05) is 39.0 Å². The van der Waals surface area contributed by atoms with E-state index in [1.165, 1.54) is 12.1 Å². The lowest BCUT2D eigenvalue weighted by Gasteiger charge is -2.20. The molecule has 8 heteroatoms. The fourth-order valence-corrected chi connectivity index (χ4v) is 3.05. The van der Waals surface area contributed by atoms with Crippen LogP contribution < -0.4 is 25.4 Å². The van der Waals surface area contributed by atoms with Crippen LogP contribution in [0.2, 0.25) is 0 Å². The average molecular weight is 445 g/mol. The van der Waals surface area contributed by atoms with Crippen LogP contribution in [0.25, 0.3) is 0 Å². The number of carbonyl (C=O) groups excluding carboxylic acids is 1. The van der Waals surface area contributed by atoms with Gasteiger partial charge in [-0.05, 0) is 56.2 Å². The lowest BCUT2D eigenvalue weighted by atomic mass is 10.1. The number of nitrogens with zero attached hydrogens (tertiary/aromatic N) is 1. The van der Waals surface area contributed by atoms with E-state index in [-0.39, 0.29) is 24.2 Å². The number of rotatable bonds is 11. The Hall–Kier alpha value is -3.29. The monoisotopic (exact) mass is 444 g/mol. The van der Waals surface area contributed by atoms with Crippen molar-refractivity contribution in [3.05, 3.63) is 59.4 Å². The van der Waals surface area contributed by atoms with Gasteiger partial charge >= 0.3 is 0 Å². The van der Waals surface area contributed by atoms with Crippen LogP contribution in [0.15, 0.2) is 47.5 Å². The molecule has 0 aliphatic heterocycles. The summed E-state index contributed by atoms with van der Waals surface area (Å²) in [6.07, 6.45) is 0.212. The largest absolute Gasteiger partial charge is 0.490 e. The van der Waals surface area contributed by atoms with Crippen molar-refractivity contribution in [2.75, 3.05) is 33.4 Å². The summed E-state index contributed by atoms with van der Waals surface area (Å²) >= 11 is 0. The second kappa shape index (κ2) is 13.2. The molecule has 0 saturated carbocycles. The van der Waals surface area contributed by atoms with Gasteiger partial charge in [0, 0.05) is 20.1 Å². The van der Waals surface area contributed by atoms with E-state index in [0.29, 0.717) is 38.0 Å². The van der Waals surface area contributed by atoms with Crippen LogP contribution in [-0.2, 0) is 11.2 Å². The number of carbonyl (C=O) groups is 1. The third-order valence-corrected chi connectivity index (χ3v) is 4.66. The molecule has 174 valence electrons. The summed E-state index contributed by atoms with van der Waals surface area (Å²) in [4.78, 5) is 16.3. The number of aliphatic imine (C=N–C) groups is 1. The Morgan fingerprint density at radius 3 is 2.31 bits per heavy atom. The Kier molecular flexibility index (Phi) is 10.3. The fourth-order valence-electron chi connectivity index (χ4n) is 3.05. The number of halogens is 1. The summed E-state index contributed by atoms with van der Waals surface area (Å²) < 4.78 is 24.3. The lowest BCUT2D eigenvalue weighted by Crippen LogP contribution is -2.42. The van der Waals surface area contributed by atoms with Crippen LogP contribution in [0.3, 0.4) is 0 Å². The second-order valence-electron chi connectivity index (χ2n) is 7.09. The van der Waals surface area contributed by atoms with Crippen LogP contribution >= 0.6 is 0 Å². The van der Waals surface area contributed by atoms with E-state index in [2.05, 4.69) is 20.9 Å². The highest BCUT2D eigenvalue weighted by Crippen LogP contribution is 2.30. The Labute approximate surface area is 189 Å². The molecule has 2 rings (SSSR count). The van der Waals surface area contributed by atoms with Crippen molar-refractivity contribution in [2.45, 2.75) is 33.2 Å². The van der Waals surface area contributed by atoms with E-state index in [1.54, 1.807) is 19.2 Å². The van der Waals surface area contributed by atoms with Gasteiger partial charge in [0.15, 0.2) is 17.5 Å². The number of benzene rings is 2. The first kappa shape index (κ1) is 25.0. The maximum Gasteiger partial charge on any atom is 0.224 e. The molecule has 0 aromatic heterocycles. The molecule has 1 amide bonds. The summed E-state index contributed by atoms with van der Waals surface area (Å²) in [5, 5.41) is 9.36. The molecule has 1 unspecified atom stereocenters. The first-order valence-electron chi connectivity index (χ1n) is 10.8. The molecule has 0 radical (unpaired) electrons. The van der Waals surface area contributed by atoms with Crippen molar-refractivity contribution in [3.63, 3.8) is 0 Å². The molecule has 0 spiro atoms. The predicted molar refractivity (Wildman–Crippen MR) is 125 cm³/mol. The minimum atomic E-state index is -0.314. The zero-order valence-corrected chi connectivity index (χ0v) is 19.2. The maximum atomic E-state index is 12.9. The van der Waals surface area contributed by atoms with E-state index >= 15 is 0 Å². The quantitative estimate of drug-likeness (QED) is 0.282. The number of nitrogens with one attached hydrogen (secondary N) is 3. The van der Waals surface area contributed by atoms with E-state index in [0.717, 1.165) is 16.9 Å². The van der Waals surface area contributed by atoms with Crippen molar-refractivity contribution in [1.82, 2.24) is 16.0 Å². The molecular formula is C24H33FN4O3. The maximum absolute atomic E-state index is 12.9. The second-order valence-corrected chi connectivity index (χ2v) is 7.09. The molecule has 3 N–H and O–H groups in total. The summed E-state index contributed by atoms with van der Waals surface area (Å²) in [7, 11) is 1.69. The summed E-state index contributed by atoms with van der Waals surface area (Å²) in [5.74, 6) is 1.63. The molecule has 2 aromatic carbocycles. The van der Waals surface area contributed by atoms with Crippen molar-refractivity contribution in [2.24, 2.45) is 4.99 Å². The first-order valence-corrected chi connectivity index (χ1v) is 10.8. The highest BCUT2D eigenvalue weighted by molar-refractivity contribution is 5.80. The predicted octanol–water partition coefficient (Wildman–Crippen LogP) is 3.21. The molecule has 0 saturated heterocycles. The van der Waals surface area contributed by atoms with Gasteiger partial charge in [0.25, 0.3) is 0 Å². The SMILES string of the molecule is CCOc1ccc(C(C)NC(=NC)NCCNC(=O)Cc2ccc(F)cc2)cc1OCC.